The van der Waals surface area contributed by atoms with Crippen LogP contribution in [-0.2, 0) is 16.6 Å². The first-order valence-electron chi connectivity index (χ1n) is 8.56. The lowest BCUT2D eigenvalue weighted by atomic mass is 9.97. The van der Waals surface area contributed by atoms with Crippen molar-refractivity contribution in [1.29, 1.82) is 0 Å². The quantitative estimate of drug-likeness (QED) is 0.807. The monoisotopic (exact) mass is 328 g/mol. The minimum absolute atomic E-state index is 0.108. The standard InChI is InChI=1S/C20H28N2O2/c1-7-22(16-10-8-9-14(2)13-16)18(23)12-11-17-15(3)21-19(24-17)20(4,5)6/h8-10,13H,7,11-12H2,1-6H3. The molecule has 0 aliphatic carbocycles. The summed E-state index contributed by atoms with van der Waals surface area (Å²) < 4.78 is 5.89. The molecular formula is C20H28N2O2. The maximum absolute atomic E-state index is 12.6. The van der Waals surface area contributed by atoms with Gasteiger partial charge in [-0.1, -0.05) is 32.9 Å². The first kappa shape index (κ1) is 18.2. The fourth-order valence-corrected chi connectivity index (χ4v) is 2.63. The molecule has 1 amide bonds. The molecule has 4 nitrogen and oxygen atoms in total. The van der Waals surface area contributed by atoms with Gasteiger partial charge in [0.2, 0.25) is 5.91 Å². The number of oxazole rings is 1. The summed E-state index contributed by atoms with van der Waals surface area (Å²) in [7, 11) is 0. The summed E-state index contributed by atoms with van der Waals surface area (Å²) in [5.41, 5.74) is 2.86. The number of amides is 1. The molecule has 0 aliphatic rings. The summed E-state index contributed by atoms with van der Waals surface area (Å²) in [5.74, 6) is 1.65. The third-order valence-electron chi connectivity index (χ3n) is 4.03. The number of hydrogen-bond acceptors (Lipinski definition) is 3. The molecule has 0 bridgehead atoms. The number of nitrogens with zero attached hydrogens (tertiary/aromatic N) is 2. The van der Waals surface area contributed by atoms with E-state index in [0.29, 0.717) is 19.4 Å². The van der Waals surface area contributed by atoms with Crippen LogP contribution in [0.1, 0.15) is 57.0 Å². The second-order valence-corrected chi connectivity index (χ2v) is 7.25. The molecule has 0 saturated carbocycles. The molecule has 0 saturated heterocycles. The van der Waals surface area contributed by atoms with E-state index in [1.165, 1.54) is 0 Å². The Bertz CT molecular complexity index is 711. The van der Waals surface area contributed by atoms with Gasteiger partial charge in [-0.3, -0.25) is 4.79 Å². The van der Waals surface area contributed by atoms with Crippen LogP contribution in [0.25, 0.3) is 0 Å². The number of carbonyl (C=O) groups excluding carboxylic acids is 1. The second-order valence-electron chi connectivity index (χ2n) is 7.25. The molecule has 2 aromatic rings. The van der Waals surface area contributed by atoms with Gasteiger partial charge >= 0.3 is 0 Å². The van der Waals surface area contributed by atoms with Gasteiger partial charge < -0.3 is 9.32 Å². The summed E-state index contributed by atoms with van der Waals surface area (Å²) in [6.07, 6.45) is 0.997. The molecular weight excluding hydrogens is 300 g/mol. The minimum Gasteiger partial charge on any atom is -0.445 e. The van der Waals surface area contributed by atoms with E-state index in [2.05, 4.69) is 25.8 Å². The Balaban J connectivity index is 2.08. The zero-order chi connectivity index (χ0) is 17.9. The molecule has 0 N–H and O–H groups in total. The lowest BCUT2D eigenvalue weighted by molar-refractivity contribution is -0.118. The van der Waals surface area contributed by atoms with Crippen molar-refractivity contribution in [3.8, 4) is 0 Å². The maximum Gasteiger partial charge on any atom is 0.227 e. The highest BCUT2D eigenvalue weighted by molar-refractivity contribution is 5.93. The van der Waals surface area contributed by atoms with E-state index in [1.54, 1.807) is 0 Å². The van der Waals surface area contributed by atoms with Crippen molar-refractivity contribution in [2.75, 3.05) is 11.4 Å². The van der Waals surface area contributed by atoms with Crippen LogP contribution in [0.2, 0.25) is 0 Å². The van der Waals surface area contributed by atoms with E-state index in [1.807, 2.05) is 49.9 Å². The van der Waals surface area contributed by atoms with Crippen LogP contribution in [0.15, 0.2) is 28.7 Å². The van der Waals surface area contributed by atoms with E-state index >= 15 is 0 Å². The molecule has 1 heterocycles. The van der Waals surface area contributed by atoms with Gasteiger partial charge in [-0.2, -0.15) is 0 Å². The zero-order valence-electron chi connectivity index (χ0n) is 15.6. The molecule has 0 unspecified atom stereocenters. The Morgan fingerprint density at radius 3 is 2.50 bits per heavy atom. The van der Waals surface area contributed by atoms with Crippen LogP contribution in [-0.4, -0.2) is 17.4 Å². The smallest absolute Gasteiger partial charge is 0.227 e. The highest BCUT2D eigenvalue weighted by Gasteiger charge is 2.23. The predicted octanol–water partition coefficient (Wildman–Crippen LogP) is 4.57. The molecule has 0 radical (unpaired) electrons. The van der Waals surface area contributed by atoms with E-state index < -0.39 is 0 Å². The fraction of sp³-hybridized carbons (Fsp3) is 0.500. The lowest BCUT2D eigenvalue weighted by Crippen LogP contribution is -2.30. The molecule has 0 fully saturated rings. The SMILES string of the molecule is CCN(C(=O)CCc1oc(C(C)(C)C)nc1C)c1cccc(C)c1. The summed E-state index contributed by atoms with van der Waals surface area (Å²) >= 11 is 0. The van der Waals surface area contributed by atoms with Crippen molar-refractivity contribution >= 4 is 11.6 Å². The summed E-state index contributed by atoms with van der Waals surface area (Å²) in [5, 5.41) is 0. The van der Waals surface area contributed by atoms with Crippen LogP contribution < -0.4 is 4.90 Å². The predicted molar refractivity (Wildman–Crippen MR) is 97.5 cm³/mol. The third-order valence-corrected chi connectivity index (χ3v) is 4.03. The molecule has 1 aromatic heterocycles. The average Bonchev–Trinajstić information content (AvgIpc) is 2.87. The first-order valence-corrected chi connectivity index (χ1v) is 8.56. The summed E-state index contributed by atoms with van der Waals surface area (Å²) in [6.45, 7) is 12.9. The van der Waals surface area contributed by atoms with Gasteiger partial charge in [0.05, 0.1) is 5.69 Å². The normalized spacial score (nSPS) is 11.6. The van der Waals surface area contributed by atoms with Crippen molar-refractivity contribution in [2.45, 2.75) is 59.8 Å². The van der Waals surface area contributed by atoms with Crippen LogP contribution in [0.3, 0.4) is 0 Å². The van der Waals surface area contributed by atoms with Crippen LogP contribution >= 0.6 is 0 Å². The van der Waals surface area contributed by atoms with Crippen molar-refractivity contribution < 1.29 is 9.21 Å². The molecule has 2 rings (SSSR count). The maximum atomic E-state index is 12.6. The van der Waals surface area contributed by atoms with Crippen molar-refractivity contribution in [2.24, 2.45) is 0 Å². The van der Waals surface area contributed by atoms with E-state index in [0.717, 1.165) is 28.6 Å². The van der Waals surface area contributed by atoms with Crippen LogP contribution in [0.5, 0.6) is 0 Å². The third kappa shape index (κ3) is 4.25. The summed E-state index contributed by atoms with van der Waals surface area (Å²) in [6, 6.07) is 8.04. The fourth-order valence-electron chi connectivity index (χ4n) is 2.63. The average molecular weight is 328 g/mol. The molecule has 0 aliphatic heterocycles. The largest absolute Gasteiger partial charge is 0.445 e. The Kier molecular flexibility index (Phi) is 5.47. The van der Waals surface area contributed by atoms with Gasteiger partial charge in [0.25, 0.3) is 0 Å². The van der Waals surface area contributed by atoms with Gasteiger partial charge in [-0.25, -0.2) is 4.98 Å². The van der Waals surface area contributed by atoms with Crippen LogP contribution in [0.4, 0.5) is 5.69 Å². The van der Waals surface area contributed by atoms with Crippen molar-refractivity contribution in [3.05, 3.63) is 47.2 Å². The minimum atomic E-state index is -0.121. The van der Waals surface area contributed by atoms with Gasteiger partial charge in [0.15, 0.2) is 5.89 Å². The van der Waals surface area contributed by atoms with E-state index in [9.17, 15) is 4.79 Å². The number of hydrogen-bond donors (Lipinski definition) is 0. The number of rotatable bonds is 5. The topological polar surface area (TPSA) is 46.3 Å². The highest BCUT2D eigenvalue weighted by Crippen LogP contribution is 2.25. The molecule has 0 atom stereocenters. The van der Waals surface area contributed by atoms with Gasteiger partial charge in [-0.05, 0) is 38.5 Å². The van der Waals surface area contributed by atoms with Gasteiger partial charge in [0.1, 0.15) is 5.76 Å². The number of aromatic nitrogens is 1. The Morgan fingerprint density at radius 2 is 1.96 bits per heavy atom. The van der Waals surface area contributed by atoms with Crippen molar-refractivity contribution in [3.63, 3.8) is 0 Å². The highest BCUT2D eigenvalue weighted by atomic mass is 16.4. The second kappa shape index (κ2) is 7.20. The lowest BCUT2D eigenvalue weighted by Gasteiger charge is -2.21. The van der Waals surface area contributed by atoms with Crippen LogP contribution in [0, 0.1) is 13.8 Å². The number of benzene rings is 1. The number of carbonyl (C=O) groups is 1. The number of anilines is 1. The molecule has 130 valence electrons. The molecule has 24 heavy (non-hydrogen) atoms. The van der Waals surface area contributed by atoms with Gasteiger partial charge in [-0.15, -0.1) is 0 Å². The van der Waals surface area contributed by atoms with E-state index in [-0.39, 0.29) is 11.3 Å². The Morgan fingerprint density at radius 1 is 1.25 bits per heavy atom. The molecule has 4 heteroatoms. The Hall–Kier alpha value is -2.10. The number of aryl methyl sites for hydroxylation is 3. The van der Waals surface area contributed by atoms with Gasteiger partial charge in [0, 0.05) is 30.5 Å². The Labute approximate surface area is 144 Å². The molecule has 1 aromatic carbocycles. The summed E-state index contributed by atoms with van der Waals surface area (Å²) in [4.78, 5) is 19.0. The van der Waals surface area contributed by atoms with Crippen molar-refractivity contribution in [1.82, 2.24) is 4.98 Å². The van der Waals surface area contributed by atoms with E-state index in [4.69, 9.17) is 4.42 Å². The first-order chi connectivity index (χ1) is 11.2. The molecule has 0 spiro atoms. The zero-order valence-corrected chi connectivity index (χ0v) is 15.6.